The summed E-state index contributed by atoms with van der Waals surface area (Å²) in [7, 11) is 0. The number of ether oxygens (including phenoxy) is 3. The van der Waals surface area contributed by atoms with Crippen molar-refractivity contribution in [1.29, 1.82) is 0 Å². The maximum absolute atomic E-state index is 13.3. The number of carbonyl (C=O) groups excluding carboxylic acids is 2. The van der Waals surface area contributed by atoms with Crippen LogP contribution in [-0.4, -0.2) is 25.0 Å². The zero-order chi connectivity index (χ0) is 19.4. The monoisotopic (exact) mass is 368 g/mol. The third-order valence-corrected chi connectivity index (χ3v) is 3.89. The van der Waals surface area contributed by atoms with Crippen LogP contribution in [0, 0.1) is 12.7 Å². The predicted molar refractivity (Wildman–Crippen MR) is 97.2 cm³/mol. The van der Waals surface area contributed by atoms with Crippen molar-refractivity contribution in [3.05, 3.63) is 77.3 Å². The first kappa shape index (κ1) is 18.4. The summed E-state index contributed by atoms with van der Waals surface area (Å²) in [5.74, 6) is -0.361. The van der Waals surface area contributed by atoms with Gasteiger partial charge in [-0.15, -0.1) is 0 Å². The van der Waals surface area contributed by atoms with Gasteiger partial charge >= 0.3 is 5.97 Å². The number of fused-ring (bicyclic) bond motifs is 1. The van der Waals surface area contributed by atoms with E-state index in [9.17, 15) is 14.0 Å². The number of esters is 1. The van der Waals surface area contributed by atoms with Gasteiger partial charge in [-0.05, 0) is 42.8 Å². The average molecular weight is 368 g/mol. The number of hydrogen-bond donors (Lipinski definition) is 0. The molecule has 6 heteroatoms. The Hall–Kier alpha value is -3.41. The summed E-state index contributed by atoms with van der Waals surface area (Å²) >= 11 is 0. The summed E-state index contributed by atoms with van der Waals surface area (Å²) in [5.41, 5.74) is 1.49. The largest absolute Gasteiger partial charge is 0.481 e. The van der Waals surface area contributed by atoms with Crippen molar-refractivity contribution in [3.63, 3.8) is 0 Å². The van der Waals surface area contributed by atoms with Crippen molar-refractivity contribution < 1.29 is 28.2 Å². The highest BCUT2D eigenvalue weighted by atomic mass is 19.1. The maximum Gasteiger partial charge on any atom is 0.344 e. The predicted octanol–water partition coefficient (Wildman–Crippen LogP) is 3.86. The van der Waals surface area contributed by atoms with Gasteiger partial charge in [-0.25, -0.2) is 9.18 Å². The Morgan fingerprint density at radius 3 is 2.85 bits per heavy atom. The Morgan fingerprint density at radius 1 is 1.30 bits per heavy atom. The van der Waals surface area contributed by atoms with E-state index in [2.05, 4.69) is 6.58 Å². The lowest BCUT2D eigenvalue weighted by molar-refractivity contribution is -0.144. The molecule has 1 aliphatic rings. The summed E-state index contributed by atoms with van der Waals surface area (Å²) < 4.78 is 29.3. The lowest BCUT2D eigenvalue weighted by Crippen LogP contribution is -2.15. The average Bonchev–Trinajstić information content (AvgIpc) is 2.96. The number of Topliss-reactive ketones (excluding diaryl/α,β-unsaturated/α-hetero) is 1. The molecule has 2 aromatic rings. The van der Waals surface area contributed by atoms with E-state index in [1.807, 2.05) is 0 Å². The lowest BCUT2D eigenvalue weighted by Gasteiger charge is -2.10. The summed E-state index contributed by atoms with van der Waals surface area (Å²) in [6.07, 6.45) is 2.95. The second-order valence-corrected chi connectivity index (χ2v) is 5.82. The molecule has 0 saturated carbocycles. The smallest absolute Gasteiger partial charge is 0.344 e. The molecule has 5 nitrogen and oxygen atoms in total. The Balaban J connectivity index is 1.79. The van der Waals surface area contributed by atoms with E-state index in [-0.39, 0.29) is 24.8 Å². The molecule has 0 atom stereocenters. The Bertz CT molecular complexity index is 946. The highest BCUT2D eigenvalue weighted by Gasteiger charge is 2.30. The van der Waals surface area contributed by atoms with Crippen LogP contribution in [-0.2, 0) is 9.53 Å². The number of benzene rings is 2. The van der Waals surface area contributed by atoms with Gasteiger partial charge in [0.05, 0.1) is 5.56 Å². The molecule has 1 aliphatic heterocycles. The fraction of sp³-hybridized carbons (Fsp3) is 0.143. The standard InChI is InChI=1S/C21H17FO5/c1-3-9-25-19(23)12-26-17-8-7-16-20(24)18(27-21(16)13(17)2)11-14-5-4-6-15(22)10-14/h3-8,10-11H,1,9,12H2,2H3/b18-11-. The van der Waals surface area contributed by atoms with E-state index in [1.165, 1.54) is 24.3 Å². The maximum atomic E-state index is 13.3. The minimum absolute atomic E-state index is 0.0984. The molecule has 0 bridgehead atoms. The van der Waals surface area contributed by atoms with Crippen LogP contribution >= 0.6 is 0 Å². The number of ketones is 1. The number of hydrogen-bond acceptors (Lipinski definition) is 5. The highest BCUT2D eigenvalue weighted by Crippen LogP contribution is 2.39. The van der Waals surface area contributed by atoms with Crippen LogP contribution in [0.5, 0.6) is 11.5 Å². The summed E-state index contributed by atoms with van der Waals surface area (Å²) in [6.45, 7) is 5.02. The summed E-state index contributed by atoms with van der Waals surface area (Å²) in [4.78, 5) is 24.1. The van der Waals surface area contributed by atoms with Crippen molar-refractivity contribution in [1.82, 2.24) is 0 Å². The zero-order valence-corrected chi connectivity index (χ0v) is 14.7. The molecule has 2 aromatic carbocycles. The van der Waals surface area contributed by atoms with Gasteiger partial charge in [0.15, 0.2) is 12.4 Å². The van der Waals surface area contributed by atoms with Crippen LogP contribution in [0.25, 0.3) is 6.08 Å². The van der Waals surface area contributed by atoms with E-state index in [4.69, 9.17) is 14.2 Å². The SMILES string of the molecule is C=CCOC(=O)COc1ccc2c(c1C)O/C(=C\c1cccc(F)c1)C2=O. The van der Waals surface area contributed by atoms with Gasteiger partial charge in [-0.3, -0.25) is 4.79 Å². The van der Waals surface area contributed by atoms with Gasteiger partial charge in [-0.1, -0.05) is 24.8 Å². The molecule has 0 aromatic heterocycles. The van der Waals surface area contributed by atoms with Crippen molar-refractivity contribution in [3.8, 4) is 11.5 Å². The molecule has 0 aliphatic carbocycles. The first-order chi connectivity index (χ1) is 13.0. The van der Waals surface area contributed by atoms with Gasteiger partial charge in [-0.2, -0.15) is 0 Å². The minimum atomic E-state index is -0.529. The van der Waals surface area contributed by atoms with Crippen molar-refractivity contribution in [2.75, 3.05) is 13.2 Å². The van der Waals surface area contributed by atoms with Crippen LogP contribution in [0.1, 0.15) is 21.5 Å². The van der Waals surface area contributed by atoms with Crippen LogP contribution in [0.2, 0.25) is 0 Å². The van der Waals surface area contributed by atoms with E-state index < -0.39 is 11.8 Å². The third-order valence-electron chi connectivity index (χ3n) is 3.89. The minimum Gasteiger partial charge on any atom is -0.481 e. The van der Waals surface area contributed by atoms with Crippen molar-refractivity contribution >= 4 is 17.8 Å². The molecule has 138 valence electrons. The molecule has 0 spiro atoms. The summed E-state index contributed by atoms with van der Waals surface area (Å²) in [6, 6.07) is 9.02. The normalized spacial score (nSPS) is 13.9. The fourth-order valence-corrected chi connectivity index (χ4v) is 2.60. The molecule has 27 heavy (non-hydrogen) atoms. The Labute approximate surface area is 155 Å². The molecule has 0 fully saturated rings. The number of carbonyl (C=O) groups is 2. The molecular formula is C21H17FO5. The number of allylic oxidation sites excluding steroid dienone is 1. The Morgan fingerprint density at radius 2 is 2.11 bits per heavy atom. The van der Waals surface area contributed by atoms with Crippen LogP contribution in [0.4, 0.5) is 4.39 Å². The first-order valence-corrected chi connectivity index (χ1v) is 8.22. The lowest BCUT2D eigenvalue weighted by atomic mass is 10.1. The molecule has 3 rings (SSSR count). The van der Waals surface area contributed by atoms with Crippen LogP contribution in [0.15, 0.2) is 54.8 Å². The molecule has 0 radical (unpaired) electrons. The molecule has 0 amide bonds. The van der Waals surface area contributed by atoms with E-state index in [0.29, 0.717) is 28.2 Å². The number of halogens is 1. The van der Waals surface area contributed by atoms with Crippen molar-refractivity contribution in [2.45, 2.75) is 6.92 Å². The van der Waals surface area contributed by atoms with E-state index >= 15 is 0 Å². The van der Waals surface area contributed by atoms with Crippen molar-refractivity contribution in [2.24, 2.45) is 0 Å². The Kier molecular flexibility index (Phi) is 5.35. The second kappa shape index (κ2) is 7.86. The highest BCUT2D eigenvalue weighted by molar-refractivity contribution is 6.14. The molecule has 1 heterocycles. The second-order valence-electron chi connectivity index (χ2n) is 5.82. The molecule has 0 unspecified atom stereocenters. The fourth-order valence-electron chi connectivity index (χ4n) is 2.60. The van der Waals surface area contributed by atoms with Gasteiger partial charge in [0.1, 0.15) is 23.9 Å². The summed E-state index contributed by atoms with van der Waals surface area (Å²) in [5, 5.41) is 0. The quantitative estimate of drug-likeness (QED) is 0.440. The molecule has 0 saturated heterocycles. The van der Waals surface area contributed by atoms with E-state index in [0.717, 1.165) is 0 Å². The topological polar surface area (TPSA) is 61.8 Å². The molecular weight excluding hydrogens is 351 g/mol. The third kappa shape index (κ3) is 4.06. The van der Waals surface area contributed by atoms with Crippen LogP contribution < -0.4 is 9.47 Å². The van der Waals surface area contributed by atoms with Gasteiger partial charge in [0.25, 0.3) is 0 Å². The van der Waals surface area contributed by atoms with Gasteiger partial charge in [0.2, 0.25) is 5.78 Å². The number of rotatable bonds is 6. The van der Waals surface area contributed by atoms with Gasteiger partial charge < -0.3 is 14.2 Å². The zero-order valence-electron chi connectivity index (χ0n) is 14.7. The van der Waals surface area contributed by atoms with Crippen LogP contribution in [0.3, 0.4) is 0 Å². The first-order valence-electron chi connectivity index (χ1n) is 8.22. The van der Waals surface area contributed by atoms with Gasteiger partial charge in [0, 0.05) is 5.56 Å². The molecule has 0 N–H and O–H groups in total. The van der Waals surface area contributed by atoms with E-state index in [1.54, 1.807) is 31.2 Å².